The molecule has 2 heterocycles. The number of para-hydroxylation sites is 1. The van der Waals surface area contributed by atoms with Crippen LogP contribution in [0.3, 0.4) is 0 Å². The molecule has 10 nitrogen and oxygen atoms in total. The minimum Gasteiger partial charge on any atom is -0.497 e. The predicted molar refractivity (Wildman–Crippen MR) is 138 cm³/mol. The van der Waals surface area contributed by atoms with E-state index in [-0.39, 0.29) is 31.0 Å². The number of methoxy groups -OCH3 is 2. The van der Waals surface area contributed by atoms with Crippen molar-refractivity contribution in [1.29, 1.82) is 0 Å². The third-order valence-electron chi connectivity index (χ3n) is 6.20. The summed E-state index contributed by atoms with van der Waals surface area (Å²) in [5.41, 5.74) is 1.50. The molecular weight excluding hydrogens is 474 g/mol. The molecule has 198 valence electrons. The fourth-order valence-electron chi connectivity index (χ4n) is 4.51. The summed E-state index contributed by atoms with van der Waals surface area (Å²) in [7, 11) is 3.10. The van der Waals surface area contributed by atoms with Gasteiger partial charge in [-0.1, -0.05) is 17.3 Å². The fourth-order valence-corrected chi connectivity index (χ4v) is 4.51. The molecule has 0 radical (unpaired) electrons. The van der Waals surface area contributed by atoms with Gasteiger partial charge in [-0.3, -0.25) is 9.59 Å². The number of carbonyl (C=O) groups is 2. The Balaban J connectivity index is 1.77. The van der Waals surface area contributed by atoms with Crippen molar-refractivity contribution in [3.8, 4) is 11.5 Å². The Labute approximate surface area is 216 Å². The van der Waals surface area contributed by atoms with Gasteiger partial charge in [0.15, 0.2) is 0 Å². The van der Waals surface area contributed by atoms with Crippen LogP contribution in [-0.4, -0.2) is 70.7 Å². The number of benzene rings is 2. The van der Waals surface area contributed by atoms with Crippen LogP contribution < -0.4 is 14.8 Å². The zero-order valence-electron chi connectivity index (χ0n) is 22.1. The molecule has 1 saturated heterocycles. The quantitative estimate of drug-likeness (QED) is 0.472. The average molecular weight is 510 g/mol. The zero-order chi connectivity index (χ0) is 26.6. The second kappa shape index (κ2) is 11.2. The SMILES string of the molecule is COc1cc(OC)cc([C@@H](C(=O)NC(C)(C)C)N(C[C@@H]2CCCO2)C(=O)Cn2nnc3ccccc32)c1. The molecule has 1 N–H and O–H groups in total. The van der Waals surface area contributed by atoms with E-state index in [1.807, 2.05) is 45.0 Å². The largest absolute Gasteiger partial charge is 0.497 e. The molecule has 10 heteroatoms. The molecule has 37 heavy (non-hydrogen) atoms. The van der Waals surface area contributed by atoms with Crippen molar-refractivity contribution in [2.24, 2.45) is 0 Å². The van der Waals surface area contributed by atoms with E-state index in [1.165, 1.54) is 0 Å². The number of rotatable bonds is 9. The highest BCUT2D eigenvalue weighted by atomic mass is 16.5. The second-order valence-electron chi connectivity index (χ2n) is 10.2. The summed E-state index contributed by atoms with van der Waals surface area (Å²) in [4.78, 5) is 29.4. The van der Waals surface area contributed by atoms with Crippen LogP contribution in [0.4, 0.5) is 0 Å². The monoisotopic (exact) mass is 509 g/mol. The first-order valence-corrected chi connectivity index (χ1v) is 12.4. The summed E-state index contributed by atoms with van der Waals surface area (Å²) in [6, 6.07) is 11.8. The first-order chi connectivity index (χ1) is 17.7. The van der Waals surface area contributed by atoms with Crippen LogP contribution in [0.25, 0.3) is 11.0 Å². The molecule has 2 amide bonds. The van der Waals surface area contributed by atoms with Gasteiger partial charge in [-0.2, -0.15) is 0 Å². The maximum atomic E-state index is 14.0. The molecule has 2 aromatic carbocycles. The number of carbonyl (C=O) groups excluding carboxylic acids is 2. The van der Waals surface area contributed by atoms with Crippen molar-refractivity contribution in [2.75, 3.05) is 27.4 Å². The van der Waals surface area contributed by atoms with E-state index in [2.05, 4.69) is 15.6 Å². The van der Waals surface area contributed by atoms with Crippen molar-refractivity contribution < 1.29 is 23.8 Å². The molecule has 4 rings (SSSR count). The minimum absolute atomic E-state index is 0.0758. The van der Waals surface area contributed by atoms with Crippen LogP contribution in [0.15, 0.2) is 42.5 Å². The smallest absolute Gasteiger partial charge is 0.247 e. The van der Waals surface area contributed by atoms with Gasteiger partial charge in [0.2, 0.25) is 11.8 Å². The van der Waals surface area contributed by atoms with Crippen LogP contribution in [0, 0.1) is 0 Å². The molecule has 1 aliphatic heterocycles. The van der Waals surface area contributed by atoms with Gasteiger partial charge in [0.1, 0.15) is 29.6 Å². The number of aromatic nitrogens is 3. The van der Waals surface area contributed by atoms with E-state index in [4.69, 9.17) is 14.2 Å². The van der Waals surface area contributed by atoms with E-state index in [1.54, 1.807) is 42.0 Å². The molecule has 1 fully saturated rings. The fraction of sp³-hybridized carbons (Fsp3) is 0.481. The molecule has 3 aromatic rings. The van der Waals surface area contributed by atoms with Crippen molar-refractivity contribution in [2.45, 2.75) is 57.8 Å². The average Bonchev–Trinajstić information content (AvgIpc) is 3.52. The van der Waals surface area contributed by atoms with Gasteiger partial charge in [-0.25, -0.2) is 4.68 Å². The highest BCUT2D eigenvalue weighted by molar-refractivity contribution is 5.90. The lowest BCUT2D eigenvalue weighted by molar-refractivity contribution is -0.143. The predicted octanol–water partition coefficient (Wildman–Crippen LogP) is 3.11. The van der Waals surface area contributed by atoms with E-state index >= 15 is 0 Å². The lowest BCUT2D eigenvalue weighted by Gasteiger charge is -2.35. The summed E-state index contributed by atoms with van der Waals surface area (Å²) in [6.07, 6.45) is 1.55. The molecule has 0 unspecified atom stereocenters. The summed E-state index contributed by atoms with van der Waals surface area (Å²) in [6.45, 7) is 6.53. The second-order valence-corrected chi connectivity index (χ2v) is 10.2. The van der Waals surface area contributed by atoms with Crippen molar-refractivity contribution in [1.82, 2.24) is 25.2 Å². The number of amides is 2. The number of hydrogen-bond acceptors (Lipinski definition) is 7. The first kappa shape index (κ1) is 26.4. The maximum Gasteiger partial charge on any atom is 0.247 e. The minimum atomic E-state index is -0.949. The number of ether oxygens (including phenoxy) is 3. The highest BCUT2D eigenvalue weighted by Crippen LogP contribution is 2.32. The van der Waals surface area contributed by atoms with Gasteiger partial charge in [0.05, 0.1) is 25.8 Å². The Morgan fingerprint density at radius 2 is 1.86 bits per heavy atom. The molecular formula is C27H35N5O5. The Bertz CT molecular complexity index is 1220. The highest BCUT2D eigenvalue weighted by Gasteiger charge is 2.36. The van der Waals surface area contributed by atoms with Gasteiger partial charge in [-0.15, -0.1) is 5.10 Å². The molecule has 1 aliphatic rings. The van der Waals surface area contributed by atoms with E-state index < -0.39 is 11.6 Å². The zero-order valence-corrected chi connectivity index (χ0v) is 22.1. The van der Waals surface area contributed by atoms with E-state index in [0.717, 1.165) is 18.4 Å². The Morgan fingerprint density at radius 3 is 2.49 bits per heavy atom. The molecule has 0 spiro atoms. The third kappa shape index (κ3) is 6.37. The molecule has 2 atom stereocenters. The Kier molecular flexibility index (Phi) is 7.97. The standard InChI is InChI=1S/C27H35N5O5/c1-27(2,3)28-26(34)25(18-13-20(35-4)15-21(14-18)36-5)31(16-19-9-8-12-37-19)24(33)17-32-23-11-7-6-10-22(23)29-30-32/h6-7,10-11,13-15,19,25H,8-9,12,16-17H2,1-5H3,(H,28,34)/t19-,25-/m0/s1. The molecule has 1 aromatic heterocycles. The van der Waals surface area contributed by atoms with Crippen LogP contribution in [0.2, 0.25) is 0 Å². The van der Waals surface area contributed by atoms with Crippen LogP contribution >= 0.6 is 0 Å². The first-order valence-electron chi connectivity index (χ1n) is 12.4. The molecule has 0 bridgehead atoms. The number of hydrogen-bond donors (Lipinski definition) is 1. The number of nitrogens with zero attached hydrogens (tertiary/aromatic N) is 4. The molecule has 0 aliphatic carbocycles. The van der Waals surface area contributed by atoms with Crippen molar-refractivity contribution in [3.05, 3.63) is 48.0 Å². The normalized spacial score (nSPS) is 16.4. The van der Waals surface area contributed by atoms with Crippen LogP contribution in [-0.2, 0) is 20.9 Å². The summed E-state index contributed by atoms with van der Waals surface area (Å²) in [5.74, 6) is 0.462. The summed E-state index contributed by atoms with van der Waals surface area (Å²) < 4.78 is 18.4. The number of fused-ring (bicyclic) bond motifs is 1. The third-order valence-corrected chi connectivity index (χ3v) is 6.20. The van der Waals surface area contributed by atoms with Gasteiger partial charge in [-0.05, 0) is 63.4 Å². The Morgan fingerprint density at radius 1 is 1.16 bits per heavy atom. The van der Waals surface area contributed by atoms with Crippen molar-refractivity contribution in [3.63, 3.8) is 0 Å². The van der Waals surface area contributed by atoms with Gasteiger partial charge < -0.3 is 24.4 Å². The summed E-state index contributed by atoms with van der Waals surface area (Å²) in [5, 5.41) is 11.4. The van der Waals surface area contributed by atoms with E-state index in [0.29, 0.717) is 29.2 Å². The topological polar surface area (TPSA) is 108 Å². The van der Waals surface area contributed by atoms with Crippen molar-refractivity contribution >= 4 is 22.8 Å². The maximum absolute atomic E-state index is 14.0. The van der Waals surface area contributed by atoms with Crippen LogP contribution in [0.1, 0.15) is 45.2 Å². The van der Waals surface area contributed by atoms with Gasteiger partial charge in [0, 0.05) is 24.8 Å². The molecule has 0 saturated carbocycles. The number of nitrogens with one attached hydrogen (secondary N) is 1. The van der Waals surface area contributed by atoms with Crippen LogP contribution in [0.5, 0.6) is 11.5 Å². The van der Waals surface area contributed by atoms with Gasteiger partial charge in [0.25, 0.3) is 0 Å². The lowest BCUT2D eigenvalue weighted by Crippen LogP contribution is -2.51. The Hall–Kier alpha value is -3.66. The lowest BCUT2D eigenvalue weighted by atomic mass is 10.00. The van der Waals surface area contributed by atoms with Gasteiger partial charge >= 0.3 is 0 Å². The van der Waals surface area contributed by atoms with E-state index in [9.17, 15) is 9.59 Å². The summed E-state index contributed by atoms with van der Waals surface area (Å²) >= 11 is 0.